The van der Waals surface area contributed by atoms with Crippen molar-refractivity contribution in [1.82, 2.24) is 0 Å². The molecular formula is C42H26Cl3NO6. The van der Waals surface area contributed by atoms with Crippen LogP contribution >= 0.6 is 34.8 Å². The lowest BCUT2D eigenvalue weighted by molar-refractivity contribution is -0.134. The number of hydrogen-bond acceptors (Lipinski definition) is 6. The second-order valence-electron chi connectivity index (χ2n) is 12.2. The van der Waals surface area contributed by atoms with E-state index in [0.717, 1.165) is 11.6 Å². The van der Waals surface area contributed by atoms with Crippen molar-refractivity contribution < 1.29 is 28.7 Å². The second-order valence-corrected chi connectivity index (χ2v) is 13.5. The molecule has 5 aromatic carbocycles. The highest BCUT2D eigenvalue weighted by Crippen LogP contribution is 2.56. The molecule has 1 aliphatic carbocycles. The van der Waals surface area contributed by atoms with Gasteiger partial charge in [0.15, 0.2) is 22.8 Å². The molecule has 1 aliphatic heterocycles. The summed E-state index contributed by atoms with van der Waals surface area (Å²) in [5.41, 5.74) is -1.17. The van der Waals surface area contributed by atoms with Crippen LogP contribution in [0.1, 0.15) is 54.7 Å². The Kier molecular flexibility index (Phi) is 9.27. The summed E-state index contributed by atoms with van der Waals surface area (Å²) in [6.45, 7) is 1.22. The van der Waals surface area contributed by atoms with Gasteiger partial charge in [0.1, 0.15) is 5.76 Å². The molecule has 0 bridgehead atoms. The lowest BCUT2D eigenvalue weighted by atomic mass is 9.62. The lowest BCUT2D eigenvalue weighted by Gasteiger charge is -2.37. The third-order valence-electron chi connectivity index (χ3n) is 9.03. The van der Waals surface area contributed by atoms with Crippen LogP contribution in [0.2, 0.25) is 15.1 Å². The van der Waals surface area contributed by atoms with Gasteiger partial charge in [-0.1, -0.05) is 89.4 Å². The molecule has 0 aromatic heterocycles. The Labute approximate surface area is 313 Å². The van der Waals surface area contributed by atoms with Crippen LogP contribution in [0, 0.1) is 0 Å². The summed E-state index contributed by atoms with van der Waals surface area (Å²) >= 11 is 18.9. The fourth-order valence-electron chi connectivity index (χ4n) is 6.77. The van der Waals surface area contributed by atoms with E-state index >= 15 is 9.59 Å². The van der Waals surface area contributed by atoms with Gasteiger partial charge in [-0.25, -0.2) is 0 Å². The number of halogens is 3. The van der Waals surface area contributed by atoms with E-state index in [1.54, 1.807) is 30.3 Å². The van der Waals surface area contributed by atoms with E-state index in [4.69, 9.17) is 39.5 Å². The number of esters is 1. The van der Waals surface area contributed by atoms with Crippen LogP contribution in [0.25, 0.3) is 5.76 Å². The van der Waals surface area contributed by atoms with Crippen molar-refractivity contribution in [2.75, 3.05) is 4.90 Å². The van der Waals surface area contributed by atoms with E-state index in [2.05, 4.69) is 0 Å². The van der Waals surface area contributed by atoms with Gasteiger partial charge < -0.3 is 9.64 Å². The number of benzene rings is 5. The summed E-state index contributed by atoms with van der Waals surface area (Å²) in [6.07, 6.45) is 1.07. The zero-order valence-corrected chi connectivity index (χ0v) is 29.6. The van der Waals surface area contributed by atoms with Gasteiger partial charge in [-0.3, -0.25) is 24.0 Å². The molecule has 0 saturated heterocycles. The summed E-state index contributed by atoms with van der Waals surface area (Å²) in [5, 5.41) is 0.942. The van der Waals surface area contributed by atoms with Crippen LogP contribution in [-0.4, -0.2) is 29.2 Å². The molecule has 7 rings (SSSR count). The summed E-state index contributed by atoms with van der Waals surface area (Å²) in [7, 11) is 0. The number of ether oxygens (including phenoxy) is 1. The fraction of sp³-hybridized carbons (Fsp3) is 0.0714. The molecule has 5 aromatic rings. The van der Waals surface area contributed by atoms with Gasteiger partial charge in [-0.05, 0) is 78.4 Å². The highest BCUT2D eigenvalue weighted by Gasteiger charge is 2.63. The molecule has 1 amide bonds. The Morgan fingerprint density at radius 3 is 1.92 bits per heavy atom. The second kappa shape index (κ2) is 13.8. The van der Waals surface area contributed by atoms with Crippen LogP contribution in [0.3, 0.4) is 0 Å². The predicted molar refractivity (Wildman–Crippen MR) is 200 cm³/mol. The normalized spacial score (nSPS) is 16.5. The van der Waals surface area contributed by atoms with E-state index in [0.29, 0.717) is 15.7 Å². The van der Waals surface area contributed by atoms with E-state index in [9.17, 15) is 14.4 Å². The van der Waals surface area contributed by atoms with Crippen LogP contribution in [0.5, 0.6) is 0 Å². The molecule has 0 radical (unpaired) electrons. The third kappa shape index (κ3) is 5.97. The molecular weight excluding hydrogens is 721 g/mol. The highest BCUT2D eigenvalue weighted by atomic mass is 35.5. The quantitative estimate of drug-likeness (QED) is 0.0680. The number of hydrogen-bond donors (Lipinski definition) is 0. The molecule has 1 heterocycles. The maximum atomic E-state index is 15.5. The molecule has 10 heteroatoms. The van der Waals surface area contributed by atoms with Crippen molar-refractivity contribution in [2.45, 2.75) is 18.9 Å². The summed E-state index contributed by atoms with van der Waals surface area (Å²) in [4.78, 5) is 74.2. The summed E-state index contributed by atoms with van der Waals surface area (Å²) in [6, 6.07) is 32.2. The molecule has 1 spiro atoms. The maximum Gasteiger partial charge on any atom is 0.308 e. The van der Waals surface area contributed by atoms with E-state index in [-0.39, 0.29) is 56.3 Å². The highest BCUT2D eigenvalue weighted by molar-refractivity contribution is 6.36. The number of rotatable bonds is 8. The van der Waals surface area contributed by atoms with Crippen molar-refractivity contribution in [2.24, 2.45) is 0 Å². The van der Waals surface area contributed by atoms with E-state index < -0.39 is 34.6 Å². The number of carbonyl (C=O) groups excluding carboxylic acids is 5. The van der Waals surface area contributed by atoms with Crippen LogP contribution in [0.15, 0.2) is 139 Å². The lowest BCUT2D eigenvalue weighted by Crippen LogP contribution is -2.51. The first-order valence-electron chi connectivity index (χ1n) is 16.1. The average molecular weight is 747 g/mol. The number of allylic oxidation sites excluding steroid dienone is 2. The van der Waals surface area contributed by atoms with E-state index in [1.165, 1.54) is 72.5 Å². The van der Waals surface area contributed by atoms with Gasteiger partial charge >= 0.3 is 5.97 Å². The first-order valence-corrected chi connectivity index (χ1v) is 17.2. The van der Waals surface area contributed by atoms with Gasteiger partial charge in [0.2, 0.25) is 0 Å². The standard InChI is InChI=1S/C42H26Cl3NO6/c1-24(47)52-39-31-9-5-6-10-32(31)40(50)42(34-21-30(45)19-20-35(34)46(41(42)51)23-25-7-3-2-4-8-25)37(39)33(38(49)27-13-17-29(44)18-14-27)22-36(48)26-11-15-28(43)16-12-26/h2-22H,23H2,1H3/b33-22-/t42-/m1/s1. The number of fused-ring (bicyclic) bond motifs is 3. The molecule has 1 atom stereocenters. The van der Waals surface area contributed by atoms with Crippen LogP contribution in [0.4, 0.5) is 5.69 Å². The zero-order valence-electron chi connectivity index (χ0n) is 27.4. The Morgan fingerprint density at radius 1 is 0.712 bits per heavy atom. The number of ketones is 3. The molecule has 0 unspecified atom stereocenters. The SMILES string of the molecule is CC(=O)OC1=C(/C(=C/C(=O)c2ccc(Cl)cc2)C(=O)c2ccc(Cl)cc2)[C@]2(C(=O)c3ccccc31)C(=O)N(Cc1ccccc1)c1ccc(Cl)cc12. The first-order chi connectivity index (χ1) is 25.0. The van der Waals surface area contributed by atoms with Gasteiger partial charge in [-0.2, -0.15) is 0 Å². The van der Waals surface area contributed by atoms with Crippen molar-refractivity contribution >= 4 is 75.5 Å². The minimum Gasteiger partial charge on any atom is -0.426 e. The van der Waals surface area contributed by atoms with Crippen LogP contribution < -0.4 is 4.90 Å². The van der Waals surface area contributed by atoms with E-state index in [1.807, 2.05) is 30.3 Å². The van der Waals surface area contributed by atoms with Gasteiger partial charge in [0, 0.05) is 66.6 Å². The fourth-order valence-corrected chi connectivity index (χ4v) is 7.19. The average Bonchev–Trinajstić information content (AvgIpc) is 3.36. The molecule has 52 heavy (non-hydrogen) atoms. The molecule has 0 N–H and O–H groups in total. The van der Waals surface area contributed by atoms with Crippen molar-refractivity contribution in [3.8, 4) is 0 Å². The van der Waals surface area contributed by atoms with Crippen molar-refractivity contribution in [3.05, 3.63) is 187 Å². The first kappa shape index (κ1) is 34.8. The number of amides is 1. The monoisotopic (exact) mass is 745 g/mol. The Bertz CT molecular complexity index is 2380. The van der Waals surface area contributed by atoms with Gasteiger partial charge in [0.25, 0.3) is 5.91 Å². The Balaban J connectivity index is 1.61. The number of anilines is 1. The minimum absolute atomic E-state index is 0.0506. The Morgan fingerprint density at radius 2 is 1.29 bits per heavy atom. The topological polar surface area (TPSA) is 97.8 Å². The van der Waals surface area contributed by atoms with Crippen molar-refractivity contribution in [1.29, 1.82) is 0 Å². The minimum atomic E-state index is -2.33. The maximum absolute atomic E-state index is 15.5. The van der Waals surface area contributed by atoms with Crippen molar-refractivity contribution in [3.63, 3.8) is 0 Å². The summed E-state index contributed by atoms with van der Waals surface area (Å²) in [5.74, 6) is -3.78. The zero-order chi connectivity index (χ0) is 36.7. The molecule has 0 fully saturated rings. The Hall–Kier alpha value is -5.60. The molecule has 7 nitrogen and oxygen atoms in total. The van der Waals surface area contributed by atoms with Gasteiger partial charge in [0.05, 0.1) is 6.54 Å². The number of carbonyl (C=O) groups is 5. The summed E-state index contributed by atoms with van der Waals surface area (Å²) < 4.78 is 5.94. The smallest absolute Gasteiger partial charge is 0.308 e. The largest absolute Gasteiger partial charge is 0.426 e. The third-order valence-corrected chi connectivity index (χ3v) is 9.77. The predicted octanol–water partition coefficient (Wildman–Crippen LogP) is 9.29. The number of Topliss-reactive ketones (excluding diaryl/α,β-unsaturated/α-hetero) is 2. The van der Waals surface area contributed by atoms with Crippen LogP contribution in [-0.2, 0) is 26.3 Å². The molecule has 0 saturated carbocycles. The molecule has 256 valence electrons. The number of nitrogens with zero attached hydrogens (tertiary/aromatic N) is 1. The molecule has 2 aliphatic rings. The van der Waals surface area contributed by atoms with Gasteiger partial charge in [-0.15, -0.1) is 0 Å².